The lowest BCUT2D eigenvalue weighted by Crippen LogP contribution is -1.89. The molecule has 2 aromatic carbocycles. The van der Waals surface area contributed by atoms with Crippen LogP contribution in [-0.4, -0.2) is 10.1 Å². The van der Waals surface area contributed by atoms with Crippen LogP contribution in [0.5, 0.6) is 5.75 Å². The lowest BCUT2D eigenvalue weighted by atomic mass is 10.0. The minimum Gasteiger partial charge on any atom is -0.505 e. The second-order valence-electron chi connectivity index (χ2n) is 4.64. The second kappa shape index (κ2) is 4.73. The van der Waals surface area contributed by atoms with Gasteiger partial charge in [0.2, 0.25) is 0 Å². The number of rotatable bonds is 2. The van der Waals surface area contributed by atoms with Crippen molar-refractivity contribution in [2.24, 2.45) is 0 Å². The largest absolute Gasteiger partial charge is 0.505 e. The molecular formula is C17H14NO. The third-order valence-electron chi connectivity index (χ3n) is 3.26. The maximum Gasteiger partial charge on any atom is 0.144 e. The molecule has 19 heavy (non-hydrogen) atoms. The third kappa shape index (κ3) is 2.29. The summed E-state index contributed by atoms with van der Waals surface area (Å²) >= 11 is 0. The summed E-state index contributed by atoms with van der Waals surface area (Å²) < 4.78 is 0. The maximum atomic E-state index is 10.0. The third-order valence-corrected chi connectivity index (χ3v) is 3.26. The molecule has 0 fully saturated rings. The Kier molecular flexibility index (Phi) is 2.92. The van der Waals surface area contributed by atoms with E-state index in [4.69, 9.17) is 0 Å². The van der Waals surface area contributed by atoms with Crippen molar-refractivity contribution in [1.82, 2.24) is 4.98 Å². The van der Waals surface area contributed by atoms with Crippen molar-refractivity contribution in [3.63, 3.8) is 0 Å². The van der Waals surface area contributed by atoms with Crippen LogP contribution >= 0.6 is 0 Å². The summed E-state index contributed by atoms with van der Waals surface area (Å²) in [5.41, 5.74) is 2.84. The lowest BCUT2D eigenvalue weighted by molar-refractivity contribution is 0.476. The van der Waals surface area contributed by atoms with Crippen LogP contribution in [-0.2, 0) is 6.42 Å². The van der Waals surface area contributed by atoms with E-state index < -0.39 is 0 Å². The van der Waals surface area contributed by atoms with Gasteiger partial charge in [-0.05, 0) is 30.5 Å². The van der Waals surface area contributed by atoms with Crippen LogP contribution in [0.2, 0.25) is 0 Å². The van der Waals surface area contributed by atoms with Crippen LogP contribution < -0.4 is 0 Å². The predicted octanol–water partition coefficient (Wildman–Crippen LogP) is 3.71. The number of hydrogen-bond donors (Lipinski definition) is 1. The van der Waals surface area contributed by atoms with Gasteiger partial charge < -0.3 is 5.11 Å². The molecule has 0 saturated heterocycles. The van der Waals surface area contributed by atoms with E-state index in [1.165, 1.54) is 11.1 Å². The monoisotopic (exact) mass is 248 g/mol. The van der Waals surface area contributed by atoms with Crippen molar-refractivity contribution in [1.29, 1.82) is 0 Å². The molecule has 0 aliphatic heterocycles. The molecular weight excluding hydrogens is 234 g/mol. The molecule has 2 nitrogen and oxygen atoms in total. The van der Waals surface area contributed by atoms with Gasteiger partial charge in [0, 0.05) is 17.0 Å². The highest BCUT2D eigenvalue weighted by Crippen LogP contribution is 2.27. The van der Waals surface area contributed by atoms with Gasteiger partial charge in [0.15, 0.2) is 0 Å². The topological polar surface area (TPSA) is 33.1 Å². The van der Waals surface area contributed by atoms with Gasteiger partial charge in [-0.3, -0.25) is 4.98 Å². The lowest BCUT2D eigenvalue weighted by Gasteiger charge is -2.07. The summed E-state index contributed by atoms with van der Waals surface area (Å²) in [4.78, 5) is 4.06. The van der Waals surface area contributed by atoms with Crippen molar-refractivity contribution < 1.29 is 5.11 Å². The highest BCUT2D eigenvalue weighted by molar-refractivity contribution is 5.88. The van der Waals surface area contributed by atoms with E-state index in [1.807, 2.05) is 30.3 Å². The summed E-state index contributed by atoms with van der Waals surface area (Å²) in [6.07, 6.45) is 2.59. The van der Waals surface area contributed by atoms with Crippen LogP contribution in [0, 0.1) is 6.92 Å². The minimum absolute atomic E-state index is 0.174. The van der Waals surface area contributed by atoms with E-state index in [2.05, 4.69) is 30.1 Å². The molecule has 0 spiro atoms. The molecule has 1 radical (unpaired) electrons. The summed E-state index contributed by atoms with van der Waals surface area (Å²) in [5, 5.41) is 11.8. The molecule has 0 aliphatic rings. The SMILES string of the molecule is [CH2]c1ncc2ccc(Cc3ccccc3)cc2c1O. The van der Waals surface area contributed by atoms with Gasteiger partial charge in [-0.25, -0.2) is 0 Å². The smallest absolute Gasteiger partial charge is 0.144 e. The number of aromatic hydroxyl groups is 1. The Hall–Kier alpha value is -2.35. The van der Waals surface area contributed by atoms with E-state index in [1.54, 1.807) is 6.20 Å². The zero-order chi connectivity index (χ0) is 13.2. The molecule has 1 heterocycles. The molecule has 3 rings (SSSR count). The summed E-state index contributed by atoms with van der Waals surface area (Å²) in [5.74, 6) is 0.174. The minimum atomic E-state index is 0.174. The van der Waals surface area contributed by atoms with Gasteiger partial charge in [-0.1, -0.05) is 42.5 Å². The average Bonchev–Trinajstić information content (AvgIpc) is 2.45. The number of aromatic nitrogens is 1. The summed E-state index contributed by atoms with van der Waals surface area (Å²) in [6.45, 7) is 3.72. The van der Waals surface area contributed by atoms with E-state index >= 15 is 0 Å². The van der Waals surface area contributed by atoms with Crippen LogP contribution in [0.3, 0.4) is 0 Å². The van der Waals surface area contributed by atoms with Crippen molar-refractivity contribution in [3.05, 3.63) is 78.5 Å². The molecule has 0 unspecified atom stereocenters. The fourth-order valence-corrected chi connectivity index (χ4v) is 2.23. The molecule has 3 aromatic rings. The molecule has 0 saturated carbocycles. The molecule has 2 heteroatoms. The van der Waals surface area contributed by atoms with Crippen LogP contribution in [0.1, 0.15) is 16.8 Å². The predicted molar refractivity (Wildman–Crippen MR) is 77.1 cm³/mol. The number of nitrogens with zero attached hydrogens (tertiary/aromatic N) is 1. The highest BCUT2D eigenvalue weighted by atomic mass is 16.3. The van der Waals surface area contributed by atoms with Gasteiger partial charge in [0.05, 0.1) is 5.69 Å². The van der Waals surface area contributed by atoms with E-state index in [-0.39, 0.29) is 5.75 Å². The normalized spacial score (nSPS) is 10.8. The summed E-state index contributed by atoms with van der Waals surface area (Å²) in [6, 6.07) is 16.3. The first-order chi connectivity index (χ1) is 9.24. The van der Waals surface area contributed by atoms with Gasteiger partial charge >= 0.3 is 0 Å². The maximum absolute atomic E-state index is 10.0. The van der Waals surface area contributed by atoms with Crippen molar-refractivity contribution in [2.75, 3.05) is 0 Å². The number of pyridine rings is 1. The molecule has 1 N–H and O–H groups in total. The average molecular weight is 248 g/mol. The van der Waals surface area contributed by atoms with Gasteiger partial charge in [0.1, 0.15) is 5.75 Å². The van der Waals surface area contributed by atoms with Crippen LogP contribution in [0.25, 0.3) is 10.8 Å². The Morgan fingerprint density at radius 3 is 2.58 bits per heavy atom. The number of benzene rings is 2. The standard InChI is InChI=1S/C17H14NO/c1-12-17(19)16-10-14(7-8-15(16)11-18-12)9-13-5-3-2-4-6-13/h2-8,10-11,19H,1,9H2. The van der Waals surface area contributed by atoms with Crippen molar-refractivity contribution >= 4 is 10.8 Å². The Morgan fingerprint density at radius 1 is 1.00 bits per heavy atom. The Bertz CT molecular complexity index is 720. The van der Waals surface area contributed by atoms with Crippen molar-refractivity contribution in [3.8, 4) is 5.75 Å². The van der Waals surface area contributed by atoms with E-state index in [9.17, 15) is 5.11 Å². The van der Waals surface area contributed by atoms with Gasteiger partial charge in [0.25, 0.3) is 0 Å². The molecule has 0 amide bonds. The Labute approximate surface area is 112 Å². The molecule has 0 bridgehead atoms. The summed E-state index contributed by atoms with van der Waals surface area (Å²) in [7, 11) is 0. The second-order valence-corrected chi connectivity index (χ2v) is 4.64. The van der Waals surface area contributed by atoms with Crippen LogP contribution in [0.4, 0.5) is 0 Å². The van der Waals surface area contributed by atoms with Gasteiger partial charge in [-0.2, -0.15) is 0 Å². The molecule has 1 aromatic heterocycles. The van der Waals surface area contributed by atoms with Crippen molar-refractivity contribution in [2.45, 2.75) is 6.42 Å². The number of hydrogen-bond acceptors (Lipinski definition) is 2. The molecule has 0 aliphatic carbocycles. The van der Waals surface area contributed by atoms with E-state index in [0.29, 0.717) is 5.69 Å². The Morgan fingerprint density at radius 2 is 1.79 bits per heavy atom. The van der Waals surface area contributed by atoms with Crippen LogP contribution in [0.15, 0.2) is 54.7 Å². The highest BCUT2D eigenvalue weighted by Gasteiger charge is 2.05. The fraction of sp³-hybridized carbons (Fsp3) is 0.0588. The molecule has 93 valence electrons. The first-order valence-corrected chi connectivity index (χ1v) is 6.20. The number of fused-ring (bicyclic) bond motifs is 1. The zero-order valence-electron chi connectivity index (χ0n) is 10.5. The first-order valence-electron chi connectivity index (χ1n) is 6.20. The Balaban J connectivity index is 2.04. The first kappa shape index (κ1) is 11.7. The quantitative estimate of drug-likeness (QED) is 0.750. The molecule has 0 atom stereocenters. The zero-order valence-corrected chi connectivity index (χ0v) is 10.5. The van der Waals surface area contributed by atoms with Gasteiger partial charge in [-0.15, -0.1) is 0 Å². The van der Waals surface area contributed by atoms with E-state index in [0.717, 1.165) is 17.2 Å². The fourth-order valence-electron chi connectivity index (χ4n) is 2.23.